The van der Waals surface area contributed by atoms with E-state index in [2.05, 4.69) is 10.3 Å². The van der Waals surface area contributed by atoms with Gasteiger partial charge in [0.05, 0.1) is 12.1 Å². The number of nitrogens with one attached hydrogen (secondary N) is 1. The summed E-state index contributed by atoms with van der Waals surface area (Å²) in [5.41, 5.74) is 1.84. The molecule has 0 atom stereocenters. The molecular formula is C15H16N2O3S. The van der Waals surface area contributed by atoms with Crippen LogP contribution < -0.4 is 14.8 Å². The van der Waals surface area contributed by atoms with Gasteiger partial charge in [-0.05, 0) is 31.5 Å². The molecule has 6 heteroatoms. The average Bonchev–Trinajstić information content (AvgIpc) is 2.77. The Morgan fingerprint density at radius 1 is 1.29 bits per heavy atom. The molecule has 1 aliphatic rings. The van der Waals surface area contributed by atoms with Crippen LogP contribution in [0.15, 0.2) is 18.2 Å². The maximum Gasteiger partial charge on any atom is 0.230 e. The molecule has 2 heterocycles. The topological polar surface area (TPSA) is 60.5 Å². The molecule has 0 bridgehead atoms. The average molecular weight is 304 g/mol. The Morgan fingerprint density at radius 3 is 2.76 bits per heavy atom. The fourth-order valence-electron chi connectivity index (χ4n) is 2.07. The van der Waals surface area contributed by atoms with Crippen molar-refractivity contribution in [3.05, 3.63) is 34.3 Å². The number of aryl methyl sites for hydroxylation is 2. The number of benzene rings is 1. The van der Waals surface area contributed by atoms with Gasteiger partial charge in [-0.25, -0.2) is 4.98 Å². The van der Waals surface area contributed by atoms with Crippen molar-refractivity contribution in [2.24, 2.45) is 0 Å². The molecule has 1 aliphatic heterocycles. The van der Waals surface area contributed by atoms with Gasteiger partial charge >= 0.3 is 0 Å². The fraction of sp³-hybridized carbons (Fsp3) is 0.333. The van der Waals surface area contributed by atoms with Crippen molar-refractivity contribution in [1.82, 2.24) is 4.98 Å². The highest BCUT2D eigenvalue weighted by Crippen LogP contribution is 2.31. The highest BCUT2D eigenvalue weighted by Gasteiger charge is 2.14. The van der Waals surface area contributed by atoms with E-state index in [9.17, 15) is 4.79 Å². The molecule has 0 aliphatic carbocycles. The Morgan fingerprint density at radius 2 is 2.05 bits per heavy atom. The first-order chi connectivity index (χ1) is 10.1. The van der Waals surface area contributed by atoms with Gasteiger partial charge in [0.15, 0.2) is 16.6 Å². The molecule has 0 spiro atoms. The molecule has 21 heavy (non-hydrogen) atoms. The van der Waals surface area contributed by atoms with Gasteiger partial charge in [-0.3, -0.25) is 4.79 Å². The summed E-state index contributed by atoms with van der Waals surface area (Å²) in [6, 6.07) is 5.58. The maximum atomic E-state index is 12.1. The summed E-state index contributed by atoms with van der Waals surface area (Å²) in [7, 11) is 0. The number of nitrogens with zero attached hydrogens (tertiary/aromatic N) is 1. The van der Waals surface area contributed by atoms with E-state index in [1.54, 1.807) is 0 Å². The van der Waals surface area contributed by atoms with Crippen LogP contribution >= 0.6 is 11.3 Å². The van der Waals surface area contributed by atoms with Crippen molar-refractivity contribution < 1.29 is 14.3 Å². The summed E-state index contributed by atoms with van der Waals surface area (Å²) >= 11 is 1.49. The highest BCUT2D eigenvalue weighted by molar-refractivity contribution is 7.15. The zero-order valence-electron chi connectivity index (χ0n) is 11.9. The molecule has 3 rings (SSSR count). The molecule has 0 unspecified atom stereocenters. The van der Waals surface area contributed by atoms with Crippen molar-refractivity contribution >= 4 is 22.4 Å². The molecule has 1 aromatic carbocycles. The van der Waals surface area contributed by atoms with Crippen LogP contribution in [0.5, 0.6) is 11.5 Å². The van der Waals surface area contributed by atoms with E-state index in [0.29, 0.717) is 24.1 Å². The van der Waals surface area contributed by atoms with Crippen LogP contribution in [0.4, 0.5) is 5.13 Å². The Balaban J connectivity index is 1.67. The van der Waals surface area contributed by atoms with Gasteiger partial charge in [-0.2, -0.15) is 0 Å². The number of fused-ring (bicyclic) bond motifs is 1. The van der Waals surface area contributed by atoms with Gasteiger partial charge in [0.25, 0.3) is 0 Å². The Labute approximate surface area is 126 Å². The third kappa shape index (κ3) is 3.16. The largest absolute Gasteiger partial charge is 0.486 e. The van der Waals surface area contributed by atoms with Crippen LogP contribution in [0.1, 0.15) is 16.1 Å². The van der Waals surface area contributed by atoms with Crippen LogP contribution in [-0.2, 0) is 11.2 Å². The number of aromatic nitrogens is 1. The van der Waals surface area contributed by atoms with E-state index in [-0.39, 0.29) is 12.3 Å². The molecule has 0 saturated heterocycles. The fourth-order valence-corrected chi connectivity index (χ4v) is 2.90. The standard InChI is InChI=1S/C15H16N2O3S/c1-9-10(2)21-15(16-9)17-14(18)8-11-3-4-12-13(7-11)20-6-5-19-12/h3-4,7H,5-6,8H2,1-2H3,(H,16,17,18). The molecule has 1 aromatic heterocycles. The molecule has 1 amide bonds. The van der Waals surface area contributed by atoms with E-state index in [4.69, 9.17) is 9.47 Å². The van der Waals surface area contributed by atoms with Gasteiger partial charge in [-0.1, -0.05) is 6.07 Å². The van der Waals surface area contributed by atoms with E-state index >= 15 is 0 Å². The van der Waals surface area contributed by atoms with Crippen molar-refractivity contribution in [1.29, 1.82) is 0 Å². The molecule has 0 saturated carbocycles. The summed E-state index contributed by atoms with van der Waals surface area (Å²) in [4.78, 5) is 17.5. The van der Waals surface area contributed by atoms with Gasteiger partial charge in [0.1, 0.15) is 13.2 Å². The Kier molecular flexibility index (Phi) is 3.79. The quantitative estimate of drug-likeness (QED) is 0.947. The summed E-state index contributed by atoms with van der Waals surface area (Å²) in [5, 5.41) is 3.47. The highest BCUT2D eigenvalue weighted by atomic mass is 32.1. The summed E-state index contributed by atoms with van der Waals surface area (Å²) in [6.45, 7) is 5.03. The first kappa shape index (κ1) is 13.9. The second-order valence-corrected chi connectivity index (χ2v) is 6.07. The molecular weight excluding hydrogens is 288 g/mol. The van der Waals surface area contributed by atoms with Crippen LogP contribution in [-0.4, -0.2) is 24.1 Å². The van der Waals surface area contributed by atoms with Crippen LogP contribution in [0.2, 0.25) is 0 Å². The predicted octanol–water partition coefficient (Wildman–Crippen LogP) is 2.71. The number of anilines is 1. The summed E-state index contributed by atoms with van der Waals surface area (Å²) in [6.07, 6.45) is 0.286. The van der Waals surface area contributed by atoms with Crippen molar-refractivity contribution in [3.63, 3.8) is 0 Å². The number of thiazole rings is 1. The normalized spacial score (nSPS) is 13.0. The summed E-state index contributed by atoms with van der Waals surface area (Å²) in [5.74, 6) is 1.35. The Bertz CT molecular complexity index is 662. The second kappa shape index (κ2) is 5.73. The lowest BCUT2D eigenvalue weighted by Crippen LogP contribution is -2.17. The predicted molar refractivity (Wildman–Crippen MR) is 81.4 cm³/mol. The van der Waals surface area contributed by atoms with Crippen LogP contribution in [0, 0.1) is 13.8 Å². The van der Waals surface area contributed by atoms with Gasteiger partial charge in [-0.15, -0.1) is 11.3 Å². The number of carbonyl (C=O) groups is 1. The zero-order chi connectivity index (χ0) is 14.8. The number of amides is 1. The number of rotatable bonds is 3. The minimum atomic E-state index is -0.0829. The lowest BCUT2D eigenvalue weighted by Gasteiger charge is -2.18. The van der Waals surface area contributed by atoms with Gasteiger partial charge in [0.2, 0.25) is 5.91 Å². The first-order valence-electron chi connectivity index (χ1n) is 6.74. The lowest BCUT2D eigenvalue weighted by atomic mass is 10.1. The molecule has 1 N–H and O–H groups in total. The molecule has 0 fully saturated rings. The minimum absolute atomic E-state index is 0.0829. The number of hydrogen-bond acceptors (Lipinski definition) is 5. The Hall–Kier alpha value is -2.08. The third-order valence-electron chi connectivity index (χ3n) is 3.25. The zero-order valence-corrected chi connectivity index (χ0v) is 12.8. The van der Waals surface area contributed by atoms with E-state index in [1.165, 1.54) is 11.3 Å². The lowest BCUT2D eigenvalue weighted by molar-refractivity contribution is -0.115. The molecule has 110 valence electrons. The SMILES string of the molecule is Cc1nc(NC(=O)Cc2ccc3c(c2)OCCO3)sc1C. The van der Waals surface area contributed by atoms with Gasteiger partial charge < -0.3 is 14.8 Å². The van der Waals surface area contributed by atoms with Crippen LogP contribution in [0.3, 0.4) is 0 Å². The molecule has 5 nitrogen and oxygen atoms in total. The number of hydrogen-bond donors (Lipinski definition) is 1. The molecule has 2 aromatic rings. The monoisotopic (exact) mass is 304 g/mol. The number of carbonyl (C=O) groups excluding carboxylic acids is 1. The third-order valence-corrected chi connectivity index (χ3v) is 4.23. The van der Waals surface area contributed by atoms with E-state index in [1.807, 2.05) is 32.0 Å². The van der Waals surface area contributed by atoms with Crippen molar-refractivity contribution in [2.45, 2.75) is 20.3 Å². The molecule has 0 radical (unpaired) electrons. The second-order valence-electron chi connectivity index (χ2n) is 4.86. The number of ether oxygens (including phenoxy) is 2. The van der Waals surface area contributed by atoms with E-state index in [0.717, 1.165) is 21.9 Å². The van der Waals surface area contributed by atoms with E-state index < -0.39 is 0 Å². The van der Waals surface area contributed by atoms with Crippen molar-refractivity contribution in [2.75, 3.05) is 18.5 Å². The first-order valence-corrected chi connectivity index (χ1v) is 7.56. The van der Waals surface area contributed by atoms with Crippen molar-refractivity contribution in [3.8, 4) is 11.5 Å². The van der Waals surface area contributed by atoms with Gasteiger partial charge in [0, 0.05) is 4.88 Å². The van der Waals surface area contributed by atoms with Crippen LogP contribution in [0.25, 0.3) is 0 Å². The maximum absolute atomic E-state index is 12.1. The smallest absolute Gasteiger partial charge is 0.230 e. The summed E-state index contributed by atoms with van der Waals surface area (Å²) < 4.78 is 11.0. The minimum Gasteiger partial charge on any atom is -0.486 e.